The topological polar surface area (TPSA) is 74.1 Å². The standard InChI is InChI=1S/C19H14ClN3O3S/c1-2-7-23-18(24)14-9-12(20)5-6-15(14)21-19(23)27-11-13-10-17(26-22-13)16-4-3-8-25-16/h2-6,8-10H,1,7,11H2. The normalized spacial score (nSPS) is 11.1. The number of hydrogen-bond acceptors (Lipinski definition) is 6. The lowest BCUT2D eigenvalue weighted by Crippen LogP contribution is -2.22. The first-order valence-corrected chi connectivity index (χ1v) is 9.45. The van der Waals surface area contributed by atoms with Crippen molar-refractivity contribution in [3.8, 4) is 11.5 Å². The zero-order chi connectivity index (χ0) is 18.8. The monoisotopic (exact) mass is 399 g/mol. The largest absolute Gasteiger partial charge is 0.461 e. The number of nitrogens with zero attached hydrogens (tertiary/aromatic N) is 3. The Morgan fingerprint density at radius 3 is 2.93 bits per heavy atom. The minimum absolute atomic E-state index is 0.152. The lowest BCUT2D eigenvalue weighted by Gasteiger charge is -2.11. The number of thioether (sulfide) groups is 1. The van der Waals surface area contributed by atoms with Gasteiger partial charge in [-0.15, -0.1) is 6.58 Å². The van der Waals surface area contributed by atoms with Crippen LogP contribution in [-0.2, 0) is 12.3 Å². The number of allylic oxidation sites excluding steroid dienone is 1. The van der Waals surface area contributed by atoms with E-state index in [-0.39, 0.29) is 5.56 Å². The molecule has 0 aliphatic rings. The van der Waals surface area contributed by atoms with Crippen LogP contribution in [-0.4, -0.2) is 14.7 Å². The van der Waals surface area contributed by atoms with Gasteiger partial charge in [-0.1, -0.05) is 34.6 Å². The summed E-state index contributed by atoms with van der Waals surface area (Å²) in [6.45, 7) is 4.08. The first-order valence-electron chi connectivity index (χ1n) is 8.09. The summed E-state index contributed by atoms with van der Waals surface area (Å²) in [6, 6.07) is 10.5. The van der Waals surface area contributed by atoms with Crippen molar-refractivity contribution < 1.29 is 8.94 Å². The number of fused-ring (bicyclic) bond motifs is 1. The summed E-state index contributed by atoms with van der Waals surface area (Å²) in [5.74, 6) is 1.66. The average Bonchev–Trinajstić information content (AvgIpc) is 3.34. The molecule has 0 unspecified atom stereocenters. The molecule has 0 amide bonds. The van der Waals surface area contributed by atoms with Gasteiger partial charge in [0.15, 0.2) is 10.9 Å². The highest BCUT2D eigenvalue weighted by Crippen LogP contribution is 2.26. The highest BCUT2D eigenvalue weighted by molar-refractivity contribution is 7.98. The van der Waals surface area contributed by atoms with Gasteiger partial charge in [-0.3, -0.25) is 9.36 Å². The summed E-state index contributed by atoms with van der Waals surface area (Å²) >= 11 is 7.42. The molecule has 0 bridgehead atoms. The smallest absolute Gasteiger partial charge is 0.262 e. The van der Waals surface area contributed by atoms with Gasteiger partial charge in [0.2, 0.25) is 5.76 Å². The Morgan fingerprint density at radius 1 is 1.26 bits per heavy atom. The molecule has 0 saturated heterocycles. The van der Waals surface area contributed by atoms with E-state index in [2.05, 4.69) is 16.7 Å². The third kappa shape index (κ3) is 3.56. The number of benzene rings is 1. The van der Waals surface area contributed by atoms with E-state index >= 15 is 0 Å². The van der Waals surface area contributed by atoms with Crippen LogP contribution in [0.5, 0.6) is 0 Å². The van der Waals surface area contributed by atoms with Crippen molar-refractivity contribution in [1.29, 1.82) is 0 Å². The Bertz CT molecular complexity index is 1160. The molecule has 3 aromatic heterocycles. The highest BCUT2D eigenvalue weighted by atomic mass is 35.5. The van der Waals surface area contributed by atoms with Gasteiger partial charge in [0.1, 0.15) is 0 Å². The fourth-order valence-electron chi connectivity index (χ4n) is 2.63. The minimum atomic E-state index is -0.152. The van der Waals surface area contributed by atoms with Gasteiger partial charge < -0.3 is 8.94 Å². The summed E-state index contributed by atoms with van der Waals surface area (Å²) < 4.78 is 12.2. The molecule has 0 aliphatic heterocycles. The van der Waals surface area contributed by atoms with Gasteiger partial charge in [0.05, 0.1) is 22.9 Å². The van der Waals surface area contributed by atoms with Crippen molar-refractivity contribution in [3.63, 3.8) is 0 Å². The Morgan fingerprint density at radius 2 is 2.15 bits per heavy atom. The molecule has 0 atom stereocenters. The van der Waals surface area contributed by atoms with Gasteiger partial charge in [-0.25, -0.2) is 4.98 Å². The van der Waals surface area contributed by atoms with Crippen LogP contribution in [0, 0.1) is 0 Å². The Labute approximate surface area is 163 Å². The summed E-state index contributed by atoms with van der Waals surface area (Å²) in [7, 11) is 0. The average molecular weight is 400 g/mol. The van der Waals surface area contributed by atoms with E-state index in [0.717, 1.165) is 5.69 Å². The Kier molecular flexibility index (Phi) is 4.87. The van der Waals surface area contributed by atoms with E-state index in [1.165, 1.54) is 11.8 Å². The van der Waals surface area contributed by atoms with Crippen LogP contribution >= 0.6 is 23.4 Å². The van der Waals surface area contributed by atoms with Crippen molar-refractivity contribution in [1.82, 2.24) is 14.7 Å². The Balaban J connectivity index is 1.65. The van der Waals surface area contributed by atoms with E-state index < -0.39 is 0 Å². The summed E-state index contributed by atoms with van der Waals surface area (Å²) in [5, 5.41) is 5.61. The number of hydrogen-bond donors (Lipinski definition) is 0. The van der Waals surface area contributed by atoms with E-state index in [4.69, 9.17) is 20.5 Å². The number of rotatable bonds is 6. The molecular weight excluding hydrogens is 386 g/mol. The van der Waals surface area contributed by atoms with E-state index in [9.17, 15) is 4.79 Å². The van der Waals surface area contributed by atoms with Crippen LogP contribution in [0.25, 0.3) is 22.4 Å². The molecular formula is C19H14ClN3O3S. The van der Waals surface area contributed by atoms with Crippen LogP contribution in [0.1, 0.15) is 5.69 Å². The SMILES string of the molecule is C=CCn1c(SCc2cc(-c3ccco3)on2)nc2ccc(Cl)cc2c1=O. The molecule has 8 heteroatoms. The third-order valence-corrected chi connectivity index (χ3v) is 5.11. The molecule has 0 spiro atoms. The van der Waals surface area contributed by atoms with Gasteiger partial charge in [-0.05, 0) is 30.3 Å². The quantitative estimate of drug-likeness (QED) is 0.264. The molecule has 27 heavy (non-hydrogen) atoms. The van der Waals surface area contributed by atoms with Crippen molar-refractivity contribution in [2.45, 2.75) is 17.5 Å². The van der Waals surface area contributed by atoms with Crippen LogP contribution < -0.4 is 5.56 Å². The van der Waals surface area contributed by atoms with Gasteiger partial charge in [-0.2, -0.15) is 0 Å². The van der Waals surface area contributed by atoms with Crippen molar-refractivity contribution in [2.75, 3.05) is 0 Å². The molecule has 0 N–H and O–H groups in total. The molecule has 0 fully saturated rings. The second-order valence-corrected chi connectivity index (χ2v) is 7.09. The second-order valence-electron chi connectivity index (χ2n) is 5.71. The first-order chi connectivity index (χ1) is 13.2. The molecule has 3 heterocycles. The van der Waals surface area contributed by atoms with E-state index in [1.807, 2.05) is 6.07 Å². The fourth-order valence-corrected chi connectivity index (χ4v) is 3.69. The fraction of sp³-hybridized carbons (Fsp3) is 0.105. The van der Waals surface area contributed by atoms with Crippen LogP contribution in [0.15, 0.2) is 74.2 Å². The molecule has 4 aromatic rings. The molecule has 0 radical (unpaired) electrons. The maximum Gasteiger partial charge on any atom is 0.262 e. The number of furan rings is 1. The molecule has 136 valence electrons. The molecule has 4 rings (SSSR count). The highest BCUT2D eigenvalue weighted by Gasteiger charge is 2.14. The second kappa shape index (κ2) is 7.46. The van der Waals surface area contributed by atoms with Crippen molar-refractivity contribution in [2.24, 2.45) is 0 Å². The maximum atomic E-state index is 12.8. The lowest BCUT2D eigenvalue weighted by atomic mass is 10.2. The van der Waals surface area contributed by atoms with Crippen molar-refractivity contribution >= 4 is 34.3 Å². The van der Waals surface area contributed by atoms with E-state index in [1.54, 1.807) is 47.2 Å². The van der Waals surface area contributed by atoms with Crippen LogP contribution in [0.3, 0.4) is 0 Å². The molecule has 0 saturated carbocycles. The molecule has 0 aliphatic carbocycles. The summed E-state index contributed by atoms with van der Waals surface area (Å²) in [6.07, 6.45) is 3.24. The number of aromatic nitrogens is 3. The minimum Gasteiger partial charge on any atom is -0.461 e. The van der Waals surface area contributed by atoms with Crippen LogP contribution in [0.2, 0.25) is 5.02 Å². The zero-order valence-corrected chi connectivity index (χ0v) is 15.7. The van der Waals surface area contributed by atoms with Crippen molar-refractivity contribution in [3.05, 3.63) is 76.4 Å². The number of halogens is 1. The molecule has 6 nitrogen and oxygen atoms in total. The lowest BCUT2D eigenvalue weighted by molar-refractivity contribution is 0.413. The Hall–Kier alpha value is -2.77. The first kappa shape index (κ1) is 17.6. The van der Waals surface area contributed by atoms with Gasteiger partial charge in [0, 0.05) is 23.4 Å². The van der Waals surface area contributed by atoms with Gasteiger partial charge in [0.25, 0.3) is 5.56 Å². The summed E-state index contributed by atoms with van der Waals surface area (Å²) in [5.41, 5.74) is 1.17. The van der Waals surface area contributed by atoms with Gasteiger partial charge >= 0.3 is 0 Å². The van der Waals surface area contributed by atoms with E-state index in [0.29, 0.717) is 44.9 Å². The predicted octanol–water partition coefficient (Wildman–Crippen LogP) is 4.78. The van der Waals surface area contributed by atoms with Crippen LogP contribution in [0.4, 0.5) is 0 Å². The third-order valence-electron chi connectivity index (χ3n) is 3.86. The molecule has 1 aromatic carbocycles. The zero-order valence-electron chi connectivity index (χ0n) is 14.1. The maximum absolute atomic E-state index is 12.8. The summed E-state index contributed by atoms with van der Waals surface area (Å²) in [4.78, 5) is 17.4. The predicted molar refractivity (Wildman–Crippen MR) is 105 cm³/mol.